The molecule has 5 rings (SSSR count). The van der Waals surface area contributed by atoms with Gasteiger partial charge in [-0.05, 0) is 72.8 Å². The molecule has 0 radical (unpaired) electrons. The predicted octanol–water partition coefficient (Wildman–Crippen LogP) is 5.84. The summed E-state index contributed by atoms with van der Waals surface area (Å²) in [6.07, 6.45) is 2.48. The molecule has 1 fully saturated rings. The Kier molecular flexibility index (Phi) is 7.61. The molecule has 0 saturated carbocycles. The number of likely N-dealkylation sites (tertiary alicyclic amines) is 1. The first kappa shape index (κ1) is 26.1. The van der Waals surface area contributed by atoms with E-state index in [-0.39, 0.29) is 17.8 Å². The van der Waals surface area contributed by atoms with Gasteiger partial charge < -0.3 is 19.5 Å². The van der Waals surface area contributed by atoms with E-state index in [2.05, 4.69) is 59.3 Å². The second-order valence-electron chi connectivity index (χ2n) is 10.9. The van der Waals surface area contributed by atoms with E-state index in [0.717, 1.165) is 48.8 Å². The monoisotopic (exact) mass is 514 g/mol. The lowest BCUT2D eigenvalue weighted by molar-refractivity contribution is -0.137. The summed E-state index contributed by atoms with van der Waals surface area (Å²) in [5, 5.41) is 9.01. The van der Waals surface area contributed by atoms with Crippen LogP contribution >= 0.6 is 0 Å². The van der Waals surface area contributed by atoms with Crippen molar-refractivity contribution in [1.82, 2.24) is 4.90 Å². The van der Waals surface area contributed by atoms with Gasteiger partial charge in [0.05, 0.1) is 13.5 Å². The van der Waals surface area contributed by atoms with Crippen molar-refractivity contribution in [3.8, 4) is 11.5 Å². The molecular formula is C32H38N2O4. The molecule has 3 aromatic rings. The third-order valence-corrected chi connectivity index (χ3v) is 8.32. The zero-order valence-corrected chi connectivity index (χ0v) is 22.7. The van der Waals surface area contributed by atoms with Crippen molar-refractivity contribution in [2.45, 2.75) is 50.7 Å². The van der Waals surface area contributed by atoms with Gasteiger partial charge in [0, 0.05) is 36.8 Å². The lowest BCUT2D eigenvalue weighted by atomic mass is 9.74. The molecule has 1 saturated heterocycles. The lowest BCUT2D eigenvalue weighted by Crippen LogP contribution is -2.44. The maximum absolute atomic E-state index is 11.0. The van der Waals surface area contributed by atoms with Crippen molar-refractivity contribution in [2.24, 2.45) is 0 Å². The first-order valence-electron chi connectivity index (χ1n) is 13.5. The Hall–Kier alpha value is -3.51. The summed E-state index contributed by atoms with van der Waals surface area (Å²) in [5.41, 5.74) is 6.45. The number of methoxy groups -OCH3 is 1. The number of benzene rings is 3. The minimum atomic E-state index is -0.785. The Morgan fingerprint density at radius 1 is 1.05 bits per heavy atom. The third kappa shape index (κ3) is 5.51. The molecule has 1 atom stereocenters. The van der Waals surface area contributed by atoms with Crippen molar-refractivity contribution < 1.29 is 19.4 Å². The van der Waals surface area contributed by atoms with Crippen LogP contribution in [0.25, 0.3) is 0 Å². The highest BCUT2D eigenvalue weighted by molar-refractivity contribution is 5.68. The first-order chi connectivity index (χ1) is 18.4. The fourth-order valence-corrected chi connectivity index (χ4v) is 6.14. The highest BCUT2D eigenvalue weighted by atomic mass is 16.5. The number of nitrogens with zero attached hydrogens (tertiary/aromatic N) is 2. The molecule has 3 aromatic carbocycles. The van der Waals surface area contributed by atoms with Crippen molar-refractivity contribution in [3.05, 3.63) is 89.0 Å². The van der Waals surface area contributed by atoms with Crippen LogP contribution in [0.15, 0.2) is 66.7 Å². The van der Waals surface area contributed by atoms with Gasteiger partial charge in [0.1, 0.15) is 18.1 Å². The van der Waals surface area contributed by atoms with Crippen LogP contribution in [0.2, 0.25) is 0 Å². The van der Waals surface area contributed by atoms with Crippen LogP contribution in [-0.4, -0.2) is 49.8 Å². The Balaban J connectivity index is 1.17. The van der Waals surface area contributed by atoms with Crippen molar-refractivity contribution in [2.75, 3.05) is 38.7 Å². The number of hydrogen-bond acceptors (Lipinski definition) is 5. The van der Waals surface area contributed by atoms with Gasteiger partial charge in [0.2, 0.25) is 0 Å². The molecule has 1 N–H and O–H groups in total. The number of carboxylic acids is 1. The molecule has 2 heterocycles. The van der Waals surface area contributed by atoms with Gasteiger partial charge >= 0.3 is 5.97 Å². The van der Waals surface area contributed by atoms with Gasteiger partial charge in [0.25, 0.3) is 0 Å². The quantitative estimate of drug-likeness (QED) is 0.387. The number of fused-ring (bicyclic) bond motifs is 2. The van der Waals surface area contributed by atoms with Crippen molar-refractivity contribution >= 4 is 11.7 Å². The highest BCUT2D eigenvalue weighted by Crippen LogP contribution is 2.46. The van der Waals surface area contributed by atoms with Gasteiger partial charge in [-0.25, -0.2) is 0 Å². The van der Waals surface area contributed by atoms with Crippen LogP contribution in [0.5, 0.6) is 11.5 Å². The van der Waals surface area contributed by atoms with E-state index < -0.39 is 5.97 Å². The molecule has 2 aliphatic rings. The molecule has 6 heteroatoms. The minimum absolute atomic E-state index is 0.0286. The molecule has 0 aliphatic carbocycles. The number of hydrogen-bond donors (Lipinski definition) is 1. The molecule has 0 aromatic heterocycles. The van der Waals surface area contributed by atoms with Crippen LogP contribution in [-0.2, 0) is 23.4 Å². The number of para-hydroxylation sites is 1. The molecule has 0 amide bonds. The number of likely N-dealkylation sites (N-methyl/N-ethyl adjacent to an activating group) is 1. The number of piperidine rings is 1. The van der Waals surface area contributed by atoms with Gasteiger partial charge in [-0.1, -0.05) is 49.4 Å². The van der Waals surface area contributed by atoms with Crippen molar-refractivity contribution in [3.63, 3.8) is 0 Å². The predicted molar refractivity (Wildman–Crippen MR) is 150 cm³/mol. The number of ether oxygens (including phenoxy) is 2. The molecule has 2 aliphatic heterocycles. The lowest BCUT2D eigenvalue weighted by Gasteiger charge is -2.40. The largest absolute Gasteiger partial charge is 0.496 e. The molecule has 1 unspecified atom stereocenters. The number of aliphatic carboxylic acids is 1. The summed E-state index contributed by atoms with van der Waals surface area (Å²) in [7, 11) is 3.95. The fraction of sp³-hybridized carbons (Fsp3) is 0.406. The standard InChI is InChI=1S/C32H38N2O4/c1-23(18-31(35)36)25-10-12-27(13-11-25)38-21-24-8-9-26(30(19-24)37-3)20-34-16-14-32(15-17-34)22-33(2)29-7-5-4-6-28(29)32/h4-13,19,23H,14-18,20-22H2,1-3H3,(H,35,36). The van der Waals surface area contributed by atoms with Crippen LogP contribution in [0.3, 0.4) is 0 Å². The number of rotatable bonds is 9. The fourth-order valence-electron chi connectivity index (χ4n) is 6.14. The number of anilines is 1. The molecule has 200 valence electrons. The molecule has 38 heavy (non-hydrogen) atoms. The molecular weight excluding hydrogens is 476 g/mol. The van der Waals surface area contributed by atoms with E-state index in [1.165, 1.54) is 29.7 Å². The minimum Gasteiger partial charge on any atom is -0.496 e. The van der Waals surface area contributed by atoms with Gasteiger partial charge in [-0.3, -0.25) is 9.69 Å². The number of carboxylic acid groups (broad SMARTS) is 1. The highest BCUT2D eigenvalue weighted by Gasteiger charge is 2.43. The van der Waals surface area contributed by atoms with Crippen LogP contribution in [0.4, 0.5) is 5.69 Å². The Morgan fingerprint density at radius 3 is 2.50 bits per heavy atom. The SMILES string of the molecule is COc1cc(COc2ccc(C(C)CC(=O)O)cc2)ccc1CN1CCC2(CC1)CN(C)c1ccccc12. The summed E-state index contributed by atoms with van der Waals surface area (Å²) >= 11 is 0. The van der Waals surface area contributed by atoms with E-state index in [1.54, 1.807) is 7.11 Å². The topological polar surface area (TPSA) is 62.2 Å². The molecule has 6 nitrogen and oxygen atoms in total. The molecule has 0 bridgehead atoms. The Morgan fingerprint density at radius 2 is 1.79 bits per heavy atom. The maximum Gasteiger partial charge on any atom is 0.303 e. The Bertz CT molecular complexity index is 1260. The van der Waals surface area contributed by atoms with E-state index in [9.17, 15) is 4.79 Å². The van der Waals surface area contributed by atoms with Gasteiger partial charge in [-0.2, -0.15) is 0 Å². The smallest absolute Gasteiger partial charge is 0.303 e. The Labute approximate surface area is 225 Å². The van der Waals surface area contributed by atoms with Crippen LogP contribution in [0, 0.1) is 0 Å². The second-order valence-corrected chi connectivity index (χ2v) is 10.9. The summed E-state index contributed by atoms with van der Waals surface area (Å²) < 4.78 is 11.8. The van der Waals surface area contributed by atoms with Crippen LogP contribution in [0.1, 0.15) is 54.4 Å². The average Bonchev–Trinajstić information content (AvgIpc) is 3.20. The molecule has 1 spiro atoms. The van der Waals surface area contributed by atoms with Crippen LogP contribution < -0.4 is 14.4 Å². The second kappa shape index (κ2) is 11.1. The van der Waals surface area contributed by atoms with Crippen molar-refractivity contribution in [1.29, 1.82) is 0 Å². The van der Waals surface area contributed by atoms with Gasteiger partial charge in [-0.15, -0.1) is 0 Å². The first-order valence-corrected chi connectivity index (χ1v) is 13.5. The average molecular weight is 515 g/mol. The third-order valence-electron chi connectivity index (χ3n) is 8.32. The summed E-state index contributed by atoms with van der Waals surface area (Å²) in [4.78, 5) is 15.9. The normalized spacial score (nSPS) is 17.3. The summed E-state index contributed by atoms with van der Waals surface area (Å²) in [5.74, 6) is 0.849. The number of carbonyl (C=O) groups is 1. The van der Waals surface area contributed by atoms with E-state index in [4.69, 9.17) is 14.6 Å². The van der Waals surface area contributed by atoms with E-state index >= 15 is 0 Å². The van der Waals surface area contributed by atoms with Gasteiger partial charge in [0.15, 0.2) is 0 Å². The zero-order chi connectivity index (χ0) is 26.7. The van der Waals surface area contributed by atoms with E-state index in [1.807, 2.05) is 31.2 Å². The summed E-state index contributed by atoms with van der Waals surface area (Å²) in [6.45, 7) is 6.52. The van der Waals surface area contributed by atoms with E-state index in [0.29, 0.717) is 6.61 Å². The zero-order valence-electron chi connectivity index (χ0n) is 22.7. The maximum atomic E-state index is 11.0. The summed E-state index contributed by atoms with van der Waals surface area (Å²) in [6, 6.07) is 23.0.